The maximum atomic E-state index is 13.8. The smallest absolute Gasteiger partial charge is 0.306 e. The highest BCUT2D eigenvalue weighted by molar-refractivity contribution is 5.76. The van der Waals surface area contributed by atoms with E-state index in [2.05, 4.69) is 4.90 Å². The van der Waals surface area contributed by atoms with Gasteiger partial charge in [0.2, 0.25) is 5.91 Å². The quantitative estimate of drug-likeness (QED) is 0.0278. The van der Waals surface area contributed by atoms with Crippen molar-refractivity contribution >= 4 is 17.8 Å². The van der Waals surface area contributed by atoms with Gasteiger partial charge < -0.3 is 19.3 Å². The Balaban J connectivity index is 4.30. The fraction of sp³-hybridized carbons (Fsp3) is 0.829. The Morgan fingerprint density at radius 1 is 0.519 bits per heavy atom. The number of rotatable bonds is 35. The van der Waals surface area contributed by atoms with E-state index in [1.54, 1.807) is 0 Å². The van der Waals surface area contributed by atoms with Crippen molar-refractivity contribution < 1.29 is 41.4 Å². The zero-order valence-electron chi connectivity index (χ0n) is 33.1. The number of esters is 2. The summed E-state index contributed by atoms with van der Waals surface area (Å²) in [6.07, 6.45) is 19.5. The van der Waals surface area contributed by atoms with Crippen molar-refractivity contribution in [2.75, 3.05) is 46.9 Å². The predicted molar refractivity (Wildman–Crippen MR) is 203 cm³/mol. The van der Waals surface area contributed by atoms with Crippen LogP contribution in [-0.4, -0.2) is 86.4 Å². The van der Waals surface area contributed by atoms with Crippen molar-refractivity contribution in [2.24, 2.45) is 0 Å². The number of carbonyl (C=O) groups excluding carboxylic acids is 3. The molecule has 0 bridgehead atoms. The Bertz CT molecular complexity index is 913. The Hall–Kier alpha value is -2.43. The molecule has 0 atom stereocenters. The van der Waals surface area contributed by atoms with Crippen LogP contribution in [0.4, 0.5) is 17.6 Å². The van der Waals surface area contributed by atoms with Gasteiger partial charge in [-0.1, -0.05) is 78.1 Å². The summed E-state index contributed by atoms with van der Waals surface area (Å²) in [6.45, 7) is 6.02. The lowest BCUT2D eigenvalue weighted by atomic mass is 10.1. The van der Waals surface area contributed by atoms with Gasteiger partial charge in [-0.3, -0.25) is 14.4 Å². The maximum Gasteiger partial charge on any atom is 0.306 e. The average molecular weight is 749 g/mol. The van der Waals surface area contributed by atoms with Crippen molar-refractivity contribution in [1.82, 2.24) is 9.80 Å². The van der Waals surface area contributed by atoms with Crippen LogP contribution in [-0.2, 0) is 23.9 Å². The van der Waals surface area contributed by atoms with Gasteiger partial charge in [-0.2, -0.15) is 0 Å². The Morgan fingerprint density at radius 2 is 0.904 bits per heavy atom. The number of carbonyl (C=O) groups is 3. The molecule has 0 rings (SSSR count). The molecular formula is C41H72F4N2O5. The molecule has 0 heterocycles. The number of unbranched alkanes of at least 4 members (excludes halogenated alkanes) is 13. The second-order valence-electron chi connectivity index (χ2n) is 14.3. The van der Waals surface area contributed by atoms with E-state index in [1.165, 1.54) is 12.2 Å². The summed E-state index contributed by atoms with van der Waals surface area (Å²) < 4.78 is 65.2. The van der Waals surface area contributed by atoms with Crippen LogP contribution in [0, 0.1) is 0 Å². The van der Waals surface area contributed by atoms with Crippen LogP contribution in [0.15, 0.2) is 24.3 Å². The van der Waals surface area contributed by atoms with E-state index < -0.39 is 11.8 Å². The fourth-order valence-electron chi connectivity index (χ4n) is 5.68. The van der Waals surface area contributed by atoms with Gasteiger partial charge in [0.1, 0.15) is 13.2 Å². The fourth-order valence-corrected chi connectivity index (χ4v) is 5.68. The number of hydrogen-bond acceptors (Lipinski definition) is 6. The first-order valence-electron chi connectivity index (χ1n) is 20.2. The van der Waals surface area contributed by atoms with Gasteiger partial charge in [-0.25, -0.2) is 17.6 Å². The molecule has 7 nitrogen and oxygen atoms in total. The molecule has 1 amide bonds. The van der Waals surface area contributed by atoms with E-state index in [-0.39, 0.29) is 56.7 Å². The van der Waals surface area contributed by atoms with E-state index >= 15 is 0 Å². The molecule has 0 aliphatic rings. The van der Waals surface area contributed by atoms with Gasteiger partial charge in [0.25, 0.3) is 11.8 Å². The lowest BCUT2D eigenvalue weighted by molar-refractivity contribution is -0.143. The predicted octanol–water partition coefficient (Wildman–Crippen LogP) is 10.9. The highest BCUT2D eigenvalue weighted by Gasteiger charge is 2.24. The van der Waals surface area contributed by atoms with E-state index in [4.69, 9.17) is 9.47 Å². The zero-order chi connectivity index (χ0) is 38.9. The monoisotopic (exact) mass is 749 g/mol. The van der Waals surface area contributed by atoms with Crippen LogP contribution in [0.1, 0.15) is 162 Å². The van der Waals surface area contributed by atoms with Crippen LogP contribution in [0.3, 0.4) is 0 Å². The standard InChI is InChI=1S/C41H72F4N2O5/c1-5-7-18-28-40(42,43)30-23-35-51-38(49)26-15-11-9-13-20-33-47(37(48)25-17-22-32-46(3)4)34-21-14-10-12-16-27-39(50)52-36-24-31-41(44,45)29-19-8-6-2/h23-24,30-31H,5-22,25-29,32-36H2,1-4H3. The lowest BCUT2D eigenvalue weighted by Gasteiger charge is -2.23. The van der Waals surface area contributed by atoms with Crippen LogP contribution in [0.25, 0.3) is 0 Å². The van der Waals surface area contributed by atoms with Crippen LogP contribution in [0.5, 0.6) is 0 Å². The average Bonchev–Trinajstić information content (AvgIpc) is 3.08. The molecular weight excluding hydrogens is 676 g/mol. The lowest BCUT2D eigenvalue weighted by Crippen LogP contribution is -2.33. The highest BCUT2D eigenvalue weighted by atomic mass is 19.3. The molecule has 0 aliphatic heterocycles. The third-order valence-electron chi connectivity index (χ3n) is 8.85. The van der Waals surface area contributed by atoms with E-state index in [1.807, 2.05) is 32.8 Å². The zero-order valence-corrected chi connectivity index (χ0v) is 33.1. The molecule has 0 saturated carbocycles. The Morgan fingerprint density at radius 3 is 1.33 bits per heavy atom. The number of hydrogen-bond donors (Lipinski definition) is 0. The number of halogens is 4. The normalized spacial score (nSPS) is 12.3. The molecule has 11 heteroatoms. The number of allylic oxidation sites excluding steroid dienone is 2. The topological polar surface area (TPSA) is 76.1 Å². The van der Waals surface area contributed by atoms with Crippen molar-refractivity contribution in [3.63, 3.8) is 0 Å². The van der Waals surface area contributed by atoms with Crippen molar-refractivity contribution in [3.8, 4) is 0 Å². The SMILES string of the molecule is CCCCCC(F)(F)C=CCOC(=O)CCCCCCCN(CCCCCCCC(=O)OCC=CC(F)(F)CCCCC)C(=O)CCCCN(C)C. The first kappa shape index (κ1) is 49.6. The van der Waals surface area contributed by atoms with Gasteiger partial charge in [-0.05, 0) is 96.3 Å². The van der Waals surface area contributed by atoms with Crippen LogP contribution >= 0.6 is 0 Å². The van der Waals surface area contributed by atoms with Gasteiger partial charge in [0.15, 0.2) is 0 Å². The molecule has 0 saturated heterocycles. The molecule has 0 aliphatic carbocycles. The summed E-state index contributed by atoms with van der Waals surface area (Å²) in [5.74, 6) is -6.31. The number of ether oxygens (including phenoxy) is 2. The second-order valence-corrected chi connectivity index (χ2v) is 14.3. The summed E-state index contributed by atoms with van der Waals surface area (Å²) in [5.41, 5.74) is 0. The van der Waals surface area contributed by atoms with Crippen molar-refractivity contribution in [2.45, 2.75) is 173 Å². The second kappa shape index (κ2) is 32.0. The summed E-state index contributed by atoms with van der Waals surface area (Å²) in [7, 11) is 4.05. The summed E-state index contributed by atoms with van der Waals surface area (Å²) in [4.78, 5) is 41.1. The minimum atomic E-state index is -2.87. The first-order valence-corrected chi connectivity index (χ1v) is 20.2. The molecule has 0 aromatic heterocycles. The molecule has 0 radical (unpaired) electrons. The van der Waals surface area contributed by atoms with Gasteiger partial charge in [0.05, 0.1) is 0 Å². The highest BCUT2D eigenvalue weighted by Crippen LogP contribution is 2.24. The van der Waals surface area contributed by atoms with Crippen LogP contribution < -0.4 is 0 Å². The Labute approximate surface area is 313 Å². The molecule has 0 N–H and O–H groups in total. The minimum Gasteiger partial charge on any atom is -0.461 e. The van der Waals surface area contributed by atoms with E-state index in [9.17, 15) is 31.9 Å². The maximum absolute atomic E-state index is 13.8. The summed E-state index contributed by atoms with van der Waals surface area (Å²) in [5, 5.41) is 0. The number of alkyl halides is 4. The molecule has 304 valence electrons. The van der Waals surface area contributed by atoms with Crippen molar-refractivity contribution in [3.05, 3.63) is 24.3 Å². The third kappa shape index (κ3) is 32.2. The van der Waals surface area contributed by atoms with Crippen molar-refractivity contribution in [1.29, 1.82) is 0 Å². The van der Waals surface area contributed by atoms with Gasteiger partial charge in [-0.15, -0.1) is 0 Å². The number of amides is 1. The third-order valence-corrected chi connectivity index (χ3v) is 8.85. The van der Waals surface area contributed by atoms with Crippen LogP contribution in [0.2, 0.25) is 0 Å². The minimum absolute atomic E-state index is 0.138. The largest absolute Gasteiger partial charge is 0.461 e. The number of nitrogens with zero attached hydrogens (tertiary/aromatic N) is 2. The molecule has 52 heavy (non-hydrogen) atoms. The van der Waals surface area contributed by atoms with E-state index in [0.29, 0.717) is 45.2 Å². The van der Waals surface area contributed by atoms with E-state index in [0.717, 1.165) is 109 Å². The Kier molecular flexibility index (Phi) is 30.5. The van der Waals surface area contributed by atoms with Gasteiger partial charge in [0, 0.05) is 45.2 Å². The van der Waals surface area contributed by atoms with Gasteiger partial charge >= 0.3 is 11.9 Å². The molecule has 0 aromatic carbocycles. The first-order chi connectivity index (χ1) is 24.8. The molecule has 0 aromatic rings. The summed E-state index contributed by atoms with van der Waals surface area (Å²) >= 11 is 0. The summed E-state index contributed by atoms with van der Waals surface area (Å²) in [6, 6.07) is 0. The molecule has 0 spiro atoms. The molecule has 0 fully saturated rings. The molecule has 0 unspecified atom stereocenters.